The van der Waals surface area contributed by atoms with Gasteiger partial charge in [-0.25, -0.2) is 4.68 Å². The standard InChI is InChI=1S/C18H14N4O5/c1-27-17-4-2-3-14-13(17)7-5-11-10-20(19-18(11)14)15-8-6-12(21(23)24)9-16(15)22(25)26/h2-4,6,8-10H,5,7H2,1H3. The molecule has 0 spiro atoms. The van der Waals surface area contributed by atoms with Gasteiger partial charge in [-0.15, -0.1) is 0 Å². The number of methoxy groups -OCH3 is 1. The Balaban J connectivity index is 1.86. The fourth-order valence-electron chi connectivity index (χ4n) is 3.40. The first-order valence-corrected chi connectivity index (χ1v) is 8.17. The van der Waals surface area contributed by atoms with Crippen LogP contribution in [0.5, 0.6) is 5.75 Å². The normalized spacial score (nSPS) is 12.2. The SMILES string of the molecule is COc1cccc2c1CCc1cn(-c3ccc([N+](=O)[O-])cc3[N+](=O)[O-])nc1-2. The lowest BCUT2D eigenvalue weighted by Crippen LogP contribution is -2.04. The van der Waals surface area contributed by atoms with Crippen molar-refractivity contribution in [3.8, 4) is 22.7 Å². The smallest absolute Gasteiger partial charge is 0.301 e. The predicted octanol–water partition coefficient (Wildman–Crippen LogP) is 3.46. The Hall–Kier alpha value is -3.75. The maximum Gasteiger partial charge on any atom is 0.301 e. The molecule has 1 aromatic heterocycles. The van der Waals surface area contributed by atoms with Gasteiger partial charge in [-0.05, 0) is 30.5 Å². The van der Waals surface area contributed by atoms with Gasteiger partial charge in [0.25, 0.3) is 5.69 Å². The molecule has 0 saturated carbocycles. The number of nitrogens with zero attached hydrogens (tertiary/aromatic N) is 4. The molecule has 0 saturated heterocycles. The average molecular weight is 366 g/mol. The summed E-state index contributed by atoms with van der Waals surface area (Å²) in [5.41, 5.74) is 3.16. The molecule has 3 aromatic rings. The van der Waals surface area contributed by atoms with Crippen LogP contribution >= 0.6 is 0 Å². The van der Waals surface area contributed by atoms with E-state index >= 15 is 0 Å². The molecular weight excluding hydrogens is 352 g/mol. The highest BCUT2D eigenvalue weighted by molar-refractivity contribution is 5.72. The van der Waals surface area contributed by atoms with E-state index in [1.54, 1.807) is 13.3 Å². The van der Waals surface area contributed by atoms with Crippen molar-refractivity contribution in [1.29, 1.82) is 0 Å². The quantitative estimate of drug-likeness (QED) is 0.516. The summed E-state index contributed by atoms with van der Waals surface area (Å²) in [6, 6.07) is 9.24. The molecule has 0 atom stereocenters. The lowest BCUT2D eigenvalue weighted by atomic mass is 9.90. The Kier molecular flexibility index (Phi) is 3.84. The van der Waals surface area contributed by atoms with Crippen LogP contribution in [0.1, 0.15) is 11.1 Å². The molecule has 0 aliphatic heterocycles. The van der Waals surface area contributed by atoms with E-state index < -0.39 is 9.85 Å². The minimum Gasteiger partial charge on any atom is -0.496 e. The minimum absolute atomic E-state index is 0.185. The number of rotatable bonds is 4. The molecule has 0 amide bonds. The summed E-state index contributed by atoms with van der Waals surface area (Å²) in [4.78, 5) is 21.1. The van der Waals surface area contributed by atoms with E-state index in [0.29, 0.717) is 0 Å². The highest BCUT2D eigenvalue weighted by Crippen LogP contribution is 2.38. The fourth-order valence-corrected chi connectivity index (χ4v) is 3.40. The Morgan fingerprint density at radius 1 is 1.11 bits per heavy atom. The molecule has 1 heterocycles. The van der Waals surface area contributed by atoms with Crippen LogP contribution in [0.4, 0.5) is 11.4 Å². The van der Waals surface area contributed by atoms with Gasteiger partial charge in [0.05, 0.1) is 28.7 Å². The number of non-ortho nitro benzene ring substituents is 1. The zero-order chi connectivity index (χ0) is 19.1. The monoisotopic (exact) mass is 366 g/mol. The second-order valence-corrected chi connectivity index (χ2v) is 6.12. The van der Waals surface area contributed by atoms with Gasteiger partial charge in [0, 0.05) is 23.4 Å². The summed E-state index contributed by atoms with van der Waals surface area (Å²) in [5, 5.41) is 26.9. The summed E-state index contributed by atoms with van der Waals surface area (Å²) in [6.07, 6.45) is 3.25. The fraction of sp³-hybridized carbons (Fsp3) is 0.167. The second-order valence-electron chi connectivity index (χ2n) is 6.12. The third-order valence-electron chi connectivity index (χ3n) is 4.66. The van der Waals surface area contributed by atoms with Crippen LogP contribution < -0.4 is 4.74 Å². The third-order valence-corrected chi connectivity index (χ3v) is 4.66. The van der Waals surface area contributed by atoms with Crippen molar-refractivity contribution >= 4 is 11.4 Å². The van der Waals surface area contributed by atoms with Crippen LogP contribution in [0.15, 0.2) is 42.6 Å². The number of benzene rings is 2. The molecule has 0 radical (unpaired) electrons. The molecular formula is C18H14N4O5. The van der Waals surface area contributed by atoms with Crippen molar-refractivity contribution in [1.82, 2.24) is 9.78 Å². The van der Waals surface area contributed by atoms with Crippen molar-refractivity contribution < 1.29 is 14.6 Å². The Morgan fingerprint density at radius 3 is 2.63 bits per heavy atom. The molecule has 0 bridgehead atoms. The largest absolute Gasteiger partial charge is 0.496 e. The van der Waals surface area contributed by atoms with Crippen molar-refractivity contribution in [3.05, 3.63) is 74.0 Å². The number of aryl methyl sites for hydroxylation is 1. The first kappa shape index (κ1) is 16.7. The van der Waals surface area contributed by atoms with Crippen LogP contribution in [0.25, 0.3) is 16.9 Å². The summed E-state index contributed by atoms with van der Waals surface area (Å²) < 4.78 is 6.84. The summed E-state index contributed by atoms with van der Waals surface area (Å²) in [6.45, 7) is 0. The number of hydrogen-bond donors (Lipinski definition) is 0. The van der Waals surface area contributed by atoms with Crippen LogP contribution in [0, 0.1) is 20.2 Å². The van der Waals surface area contributed by atoms with E-state index in [1.807, 2.05) is 18.2 Å². The maximum atomic E-state index is 11.4. The van der Waals surface area contributed by atoms with Crippen LogP contribution in [0.2, 0.25) is 0 Å². The topological polar surface area (TPSA) is 113 Å². The average Bonchev–Trinajstić information content (AvgIpc) is 3.11. The number of fused-ring (bicyclic) bond motifs is 3. The summed E-state index contributed by atoms with van der Waals surface area (Å²) in [5.74, 6) is 0.786. The van der Waals surface area contributed by atoms with Gasteiger partial charge in [0.15, 0.2) is 0 Å². The van der Waals surface area contributed by atoms with E-state index in [2.05, 4.69) is 5.10 Å². The van der Waals surface area contributed by atoms with Crippen LogP contribution in [-0.4, -0.2) is 26.7 Å². The molecule has 136 valence electrons. The van der Waals surface area contributed by atoms with E-state index in [9.17, 15) is 20.2 Å². The number of ether oxygens (including phenoxy) is 1. The van der Waals surface area contributed by atoms with Gasteiger partial charge >= 0.3 is 5.69 Å². The van der Waals surface area contributed by atoms with E-state index in [-0.39, 0.29) is 17.1 Å². The number of nitro benzene ring substituents is 2. The molecule has 9 heteroatoms. The molecule has 0 N–H and O–H groups in total. The van der Waals surface area contributed by atoms with Crippen molar-refractivity contribution in [2.24, 2.45) is 0 Å². The lowest BCUT2D eigenvalue weighted by Gasteiger charge is -2.17. The van der Waals surface area contributed by atoms with Crippen LogP contribution in [0.3, 0.4) is 0 Å². The molecule has 0 fully saturated rings. The summed E-state index contributed by atoms with van der Waals surface area (Å²) in [7, 11) is 1.62. The van der Waals surface area contributed by atoms with E-state index in [4.69, 9.17) is 4.74 Å². The van der Waals surface area contributed by atoms with Gasteiger partial charge in [-0.1, -0.05) is 12.1 Å². The molecule has 9 nitrogen and oxygen atoms in total. The molecule has 1 aliphatic rings. The van der Waals surface area contributed by atoms with Crippen molar-refractivity contribution in [2.45, 2.75) is 12.8 Å². The first-order chi connectivity index (χ1) is 13.0. The van der Waals surface area contributed by atoms with E-state index in [0.717, 1.165) is 47.0 Å². The second kappa shape index (κ2) is 6.20. The molecule has 0 unspecified atom stereocenters. The third kappa shape index (κ3) is 2.69. The van der Waals surface area contributed by atoms with Crippen molar-refractivity contribution in [2.75, 3.05) is 7.11 Å². The Bertz CT molecular complexity index is 1090. The number of nitro groups is 2. The van der Waals surface area contributed by atoms with Gasteiger partial charge in [-0.3, -0.25) is 20.2 Å². The van der Waals surface area contributed by atoms with Gasteiger partial charge in [0.2, 0.25) is 0 Å². The van der Waals surface area contributed by atoms with Crippen LogP contribution in [-0.2, 0) is 12.8 Å². The maximum absolute atomic E-state index is 11.4. The number of hydrogen-bond acceptors (Lipinski definition) is 6. The minimum atomic E-state index is -0.659. The highest BCUT2D eigenvalue weighted by Gasteiger charge is 2.26. The van der Waals surface area contributed by atoms with Gasteiger partial charge in [-0.2, -0.15) is 5.10 Å². The summed E-state index contributed by atoms with van der Waals surface area (Å²) >= 11 is 0. The molecule has 4 rings (SSSR count). The van der Waals surface area contributed by atoms with E-state index in [1.165, 1.54) is 16.8 Å². The van der Waals surface area contributed by atoms with Crippen molar-refractivity contribution in [3.63, 3.8) is 0 Å². The zero-order valence-electron chi connectivity index (χ0n) is 14.3. The lowest BCUT2D eigenvalue weighted by molar-refractivity contribution is -0.394. The molecule has 2 aromatic carbocycles. The predicted molar refractivity (Wildman–Crippen MR) is 96.3 cm³/mol. The Labute approximate surface area is 153 Å². The number of aromatic nitrogens is 2. The van der Waals surface area contributed by atoms with Gasteiger partial charge < -0.3 is 4.74 Å². The first-order valence-electron chi connectivity index (χ1n) is 8.17. The van der Waals surface area contributed by atoms with Gasteiger partial charge in [0.1, 0.15) is 11.4 Å². The molecule has 27 heavy (non-hydrogen) atoms. The zero-order valence-corrected chi connectivity index (χ0v) is 14.3. The Morgan fingerprint density at radius 2 is 1.93 bits per heavy atom. The highest BCUT2D eigenvalue weighted by atomic mass is 16.6. The molecule has 1 aliphatic carbocycles.